The first-order chi connectivity index (χ1) is 32.2. The third-order valence-electron chi connectivity index (χ3n) is 14.0. The van der Waals surface area contributed by atoms with Gasteiger partial charge in [-0.25, -0.2) is 17.5 Å². The number of nitrogens with zero attached hydrogens (tertiary/aromatic N) is 4. The summed E-state index contributed by atoms with van der Waals surface area (Å²) in [6, 6.07) is 5.01. The first kappa shape index (κ1) is 56.1. The van der Waals surface area contributed by atoms with Crippen molar-refractivity contribution in [3.05, 3.63) is 53.0 Å². The summed E-state index contributed by atoms with van der Waals surface area (Å²) in [5.74, 6) is -5.33. The van der Waals surface area contributed by atoms with Gasteiger partial charge in [0.2, 0.25) is 5.91 Å². The van der Waals surface area contributed by atoms with Crippen molar-refractivity contribution in [1.82, 2.24) is 25.2 Å². The van der Waals surface area contributed by atoms with Gasteiger partial charge in [0.1, 0.15) is 36.0 Å². The Morgan fingerprint density at radius 1 is 1.10 bits per heavy atom. The molecule has 14 atom stereocenters. The number of fused-ring (bicyclic) bond motifs is 4. The van der Waals surface area contributed by atoms with Crippen molar-refractivity contribution in [1.29, 1.82) is 0 Å². The number of halogens is 1. The maximum atomic E-state index is 14.6. The molecule has 1 amide bonds. The molecule has 388 valence electrons. The molecule has 3 aliphatic rings. The van der Waals surface area contributed by atoms with Crippen molar-refractivity contribution in [3.8, 4) is 0 Å². The van der Waals surface area contributed by atoms with Crippen molar-refractivity contribution in [2.24, 2.45) is 17.8 Å². The van der Waals surface area contributed by atoms with E-state index in [1.807, 2.05) is 18.9 Å². The number of nitrogens with one attached hydrogen (secondary N) is 1. The smallest absolute Gasteiger partial charge is 0.316 e. The van der Waals surface area contributed by atoms with E-state index in [1.165, 1.54) is 37.6 Å². The monoisotopic (exact) mass is 995 g/mol. The van der Waals surface area contributed by atoms with Crippen molar-refractivity contribution in [3.63, 3.8) is 0 Å². The first-order valence-electron chi connectivity index (χ1n) is 23.7. The molecule has 0 aliphatic carbocycles. The van der Waals surface area contributed by atoms with E-state index in [9.17, 15) is 47.6 Å². The predicted octanol–water partition coefficient (Wildman–Crippen LogP) is 2.42. The van der Waals surface area contributed by atoms with Crippen LogP contribution in [0.1, 0.15) is 98.9 Å². The van der Waals surface area contributed by atoms with Gasteiger partial charge in [-0.05, 0) is 78.6 Å². The maximum Gasteiger partial charge on any atom is 0.316 e. The Morgan fingerprint density at radius 2 is 1.77 bits per heavy atom. The van der Waals surface area contributed by atoms with Gasteiger partial charge in [-0.1, -0.05) is 43.7 Å². The van der Waals surface area contributed by atoms with Crippen LogP contribution in [0, 0.1) is 17.8 Å². The van der Waals surface area contributed by atoms with Gasteiger partial charge < -0.3 is 54.3 Å². The van der Waals surface area contributed by atoms with Crippen LogP contribution >= 0.6 is 0 Å². The Kier molecular flexibility index (Phi) is 18.5. The largest absolute Gasteiger partial charge is 0.459 e. The summed E-state index contributed by atoms with van der Waals surface area (Å²) in [6.45, 7) is 12.0. The number of amides is 1. The number of aromatic nitrogens is 3. The highest BCUT2D eigenvalue weighted by atomic mass is 32.2. The van der Waals surface area contributed by atoms with E-state index in [4.69, 9.17) is 23.7 Å². The lowest BCUT2D eigenvalue weighted by Gasteiger charge is -2.47. The molecule has 1 fully saturated rings. The van der Waals surface area contributed by atoms with E-state index in [2.05, 4.69) is 15.6 Å². The highest BCUT2D eigenvalue weighted by molar-refractivity contribution is 7.90. The van der Waals surface area contributed by atoms with Crippen LogP contribution < -0.4 is 5.32 Å². The summed E-state index contributed by atoms with van der Waals surface area (Å²) >= 11 is 0. The van der Waals surface area contributed by atoms with Gasteiger partial charge in [-0.15, -0.1) is 5.10 Å². The molecule has 5 rings (SSSR count). The minimum Gasteiger partial charge on any atom is -0.459 e. The molecular formula is C48H74FN5O14S. The van der Waals surface area contributed by atoms with Gasteiger partial charge in [-0.3, -0.25) is 14.4 Å². The average molecular weight is 996 g/mol. The van der Waals surface area contributed by atoms with Crippen molar-refractivity contribution in [2.75, 3.05) is 46.3 Å². The number of carbonyl (C=O) groups excluding carboxylic acids is 3. The topological polar surface area (TPSA) is 258 Å². The third-order valence-corrected chi connectivity index (χ3v) is 15.2. The van der Waals surface area contributed by atoms with Crippen LogP contribution in [0.5, 0.6) is 0 Å². The number of hydrogen-bond acceptors (Lipinski definition) is 17. The molecule has 3 aliphatic heterocycles. The summed E-state index contributed by atoms with van der Waals surface area (Å²) in [6.07, 6.45) is -3.20. The number of ketones is 1. The third kappa shape index (κ3) is 13.2. The van der Waals surface area contributed by atoms with Gasteiger partial charge in [0, 0.05) is 62.3 Å². The van der Waals surface area contributed by atoms with Gasteiger partial charge >= 0.3 is 5.97 Å². The first-order valence-corrected chi connectivity index (χ1v) is 25.5. The Labute approximate surface area is 405 Å². The number of ether oxygens (including phenoxy) is 5. The van der Waals surface area contributed by atoms with E-state index in [0.717, 1.165) is 11.8 Å². The molecule has 1 aromatic heterocycles. The molecule has 69 heavy (non-hydrogen) atoms. The van der Waals surface area contributed by atoms with Crippen LogP contribution in [-0.2, 0) is 60.7 Å². The van der Waals surface area contributed by atoms with Gasteiger partial charge in [0.15, 0.2) is 21.9 Å². The van der Waals surface area contributed by atoms with Crippen LogP contribution in [0.3, 0.4) is 0 Å². The number of benzene rings is 1. The van der Waals surface area contributed by atoms with Crippen molar-refractivity contribution < 1.29 is 71.3 Å². The van der Waals surface area contributed by atoms with Crippen LogP contribution in [0.25, 0.3) is 0 Å². The van der Waals surface area contributed by atoms with Gasteiger partial charge in [-0.2, -0.15) is 0 Å². The molecule has 0 spiro atoms. The number of likely N-dealkylation sites (N-methyl/N-ethyl adjacent to an activating group) is 1. The number of carbonyl (C=O) groups is 3. The van der Waals surface area contributed by atoms with Crippen molar-refractivity contribution >= 4 is 27.5 Å². The standard InChI is InChI=1S/C48H74FN5O14S/c1-12-38-47(9,60)43-29(4)39(50-32(7)56)27(2)21-46(8,65-26-48(61,24-55)25-64-43)42(30(5)40(57)31(6)44(59)67-38)68-45-41(58)37(19-28(3)66-45)53(10)18-17-34-23-54(52-51-34)35(22-49)20-33-13-15-36(16-14-33)69(11,62)63/h13-16,23,28-31,35,37-38,41-43,45,55,58,60-61H,12,17-22,24-26H2,1-11H3,(H,50,56)/t28-,29+,30+,31-,35+,37+,38-,41-,42-,43-,45+,46-,47-,48?/m1/s1. The van der Waals surface area contributed by atoms with Crippen LogP contribution in [-0.4, -0.2) is 172 Å². The number of hydrogen-bond donors (Lipinski definition) is 5. The summed E-state index contributed by atoms with van der Waals surface area (Å²) in [5.41, 5.74) is -3.48. The fourth-order valence-corrected chi connectivity index (χ4v) is 10.6. The van der Waals surface area contributed by atoms with Crippen molar-refractivity contribution in [2.45, 2.75) is 165 Å². The van der Waals surface area contributed by atoms with Crippen LogP contribution in [0.15, 0.2) is 46.6 Å². The Bertz CT molecular complexity index is 2240. The number of sulfone groups is 1. The second kappa shape index (κ2) is 22.8. The van der Waals surface area contributed by atoms with E-state index in [0.29, 0.717) is 36.4 Å². The molecule has 19 nitrogen and oxygen atoms in total. The molecule has 5 N–H and O–H groups in total. The van der Waals surface area contributed by atoms with E-state index >= 15 is 0 Å². The van der Waals surface area contributed by atoms with Gasteiger partial charge in [0.25, 0.3) is 0 Å². The summed E-state index contributed by atoms with van der Waals surface area (Å²) in [7, 11) is -1.57. The molecule has 4 heterocycles. The molecule has 0 saturated carbocycles. The minimum atomic E-state index is -3.39. The van der Waals surface area contributed by atoms with Gasteiger partial charge in [0.05, 0.1) is 60.4 Å². The SMILES string of the molecule is CC[C@H]1OC(=O)[C@H](C)C(=O)[C@H](C)[C@@H](O[C@@H]2O[C@H](C)C[C@H](N(C)CCc3cn([C@H](CF)Cc4ccc(S(C)(=O)=O)cc4)nn3)[C@H]2O)[C@@]2(C)CC(C)=C(NC(C)=O)[C@H](C)[C@@H](OCC(O)(CO)CO2)[C@]1(C)O. The highest BCUT2D eigenvalue weighted by Gasteiger charge is 2.53. The zero-order chi connectivity index (χ0) is 51.4. The Balaban J connectivity index is 1.47. The molecule has 0 radical (unpaired) electrons. The number of cyclic esters (lactones) is 1. The predicted molar refractivity (Wildman–Crippen MR) is 249 cm³/mol. The summed E-state index contributed by atoms with van der Waals surface area (Å²) in [5, 5.41) is 58.2. The summed E-state index contributed by atoms with van der Waals surface area (Å²) in [4.78, 5) is 43.4. The lowest BCUT2D eigenvalue weighted by molar-refractivity contribution is -0.300. The quantitative estimate of drug-likeness (QED) is 0.135. The highest BCUT2D eigenvalue weighted by Crippen LogP contribution is 2.41. The lowest BCUT2D eigenvalue weighted by Crippen LogP contribution is -2.60. The number of aliphatic hydroxyl groups is 4. The lowest BCUT2D eigenvalue weighted by atomic mass is 9.77. The average Bonchev–Trinajstić information content (AvgIpc) is 3.77. The normalized spacial score (nSPS) is 34.9. The fourth-order valence-electron chi connectivity index (χ4n) is 9.94. The Hall–Kier alpha value is -3.77. The van der Waals surface area contributed by atoms with E-state index in [-0.39, 0.29) is 24.2 Å². The molecule has 21 heteroatoms. The Morgan fingerprint density at radius 3 is 2.36 bits per heavy atom. The number of Topliss-reactive ketones (excluding diaryl/α,β-unsaturated/α-hetero) is 1. The minimum absolute atomic E-state index is 0.0667. The van der Waals surface area contributed by atoms with E-state index < -0.39 is 137 Å². The second-order valence-electron chi connectivity index (χ2n) is 20.0. The summed E-state index contributed by atoms with van der Waals surface area (Å²) < 4.78 is 71.6. The number of esters is 1. The second-order valence-corrected chi connectivity index (χ2v) is 22.1. The molecule has 2 aromatic rings. The zero-order valence-electron chi connectivity index (χ0n) is 41.8. The molecule has 1 saturated heterocycles. The number of rotatable bonds is 14. The molecular weight excluding hydrogens is 922 g/mol. The fraction of sp³-hybridized carbons (Fsp3) is 0.729. The maximum absolute atomic E-state index is 14.6. The molecule has 1 unspecified atom stereocenters. The molecule has 1 aromatic carbocycles. The zero-order valence-corrected chi connectivity index (χ0v) is 42.6. The van der Waals surface area contributed by atoms with Crippen LogP contribution in [0.4, 0.5) is 4.39 Å². The van der Waals surface area contributed by atoms with Crippen LogP contribution in [0.2, 0.25) is 0 Å². The van der Waals surface area contributed by atoms with E-state index in [1.54, 1.807) is 52.9 Å². The number of alkyl halides is 1. The number of aliphatic hydroxyl groups excluding tert-OH is 2. The molecule has 2 bridgehead atoms.